The molecule has 4 bridgehead atoms. The zero-order valence-corrected chi connectivity index (χ0v) is 17.4. The molecule has 2 atom stereocenters. The fourth-order valence-electron chi connectivity index (χ4n) is 6.50. The summed E-state index contributed by atoms with van der Waals surface area (Å²) in [6.45, 7) is 4.95. The highest BCUT2D eigenvalue weighted by Crippen LogP contribution is 2.67. The third-order valence-corrected chi connectivity index (χ3v) is 7.03. The molecule has 132 valence electrons. The summed E-state index contributed by atoms with van der Waals surface area (Å²) in [4.78, 5) is 5.08. The van der Waals surface area contributed by atoms with E-state index in [1.165, 1.54) is 42.1 Å². The first-order valence-corrected chi connectivity index (χ1v) is 9.74. The smallest absolute Gasteiger partial charge is 0.193 e. The van der Waals surface area contributed by atoms with Gasteiger partial charge in [-0.15, -0.1) is 12.4 Å². The second-order valence-corrected chi connectivity index (χ2v) is 10.1. The van der Waals surface area contributed by atoms with E-state index in [0.717, 1.165) is 11.6 Å². The molecule has 3 nitrogen and oxygen atoms in total. The summed E-state index contributed by atoms with van der Waals surface area (Å²) in [5.41, 5.74) is 8.38. The number of hydrogen-bond acceptors (Lipinski definition) is 1. The molecule has 3 N–H and O–H groups in total. The average molecular weight is 460 g/mol. The monoisotopic (exact) mass is 459 g/mol. The van der Waals surface area contributed by atoms with Crippen molar-refractivity contribution in [2.75, 3.05) is 5.32 Å². The number of benzene rings is 1. The topological polar surface area (TPSA) is 50.4 Å². The van der Waals surface area contributed by atoms with Gasteiger partial charge in [0.05, 0.1) is 11.2 Å². The number of anilines is 1. The first-order valence-electron chi connectivity index (χ1n) is 8.66. The minimum absolute atomic E-state index is 0. The van der Waals surface area contributed by atoms with Crippen LogP contribution in [-0.2, 0) is 0 Å². The lowest BCUT2D eigenvalue weighted by Crippen LogP contribution is -2.58. The van der Waals surface area contributed by atoms with E-state index in [1.54, 1.807) is 0 Å². The van der Waals surface area contributed by atoms with Crippen molar-refractivity contribution in [3.8, 4) is 0 Å². The van der Waals surface area contributed by atoms with E-state index in [1.807, 2.05) is 12.1 Å². The van der Waals surface area contributed by atoms with Gasteiger partial charge in [0.1, 0.15) is 0 Å². The Morgan fingerprint density at radius 2 is 1.75 bits per heavy atom. The normalized spacial score (nSPS) is 40.3. The van der Waals surface area contributed by atoms with Gasteiger partial charge in [-0.2, -0.15) is 0 Å². The number of nitrogens with two attached hydrogens (primary N) is 1. The standard InChI is InChI=1S/C19H26IN3.ClH/c1-17-7-13-8-18(2,10-17)12-19(9-13,11-17)23-16(21)22-15-6-4-3-5-14(15)20;/h3-6,13H,7-12H2,1-2H3,(H3,21,22,23);1H. The van der Waals surface area contributed by atoms with Crippen LogP contribution in [0.25, 0.3) is 0 Å². The average Bonchev–Trinajstić information content (AvgIpc) is 2.36. The van der Waals surface area contributed by atoms with Gasteiger partial charge in [-0.3, -0.25) is 0 Å². The SMILES string of the molecule is CC12CC3CC(C)(C1)CC(N=C(N)Nc1ccccc1I)(C3)C2.Cl. The summed E-state index contributed by atoms with van der Waals surface area (Å²) in [5, 5.41) is 3.33. The molecule has 0 radical (unpaired) electrons. The van der Waals surface area contributed by atoms with Crippen molar-refractivity contribution in [1.29, 1.82) is 0 Å². The van der Waals surface area contributed by atoms with Crippen LogP contribution in [0.1, 0.15) is 52.4 Å². The van der Waals surface area contributed by atoms with Gasteiger partial charge in [0.25, 0.3) is 0 Å². The molecule has 0 aliphatic heterocycles. The maximum atomic E-state index is 6.32. The molecule has 0 spiro atoms. The summed E-state index contributed by atoms with van der Waals surface area (Å²) < 4.78 is 1.17. The van der Waals surface area contributed by atoms with Gasteiger partial charge >= 0.3 is 0 Å². The predicted molar refractivity (Wildman–Crippen MR) is 112 cm³/mol. The van der Waals surface area contributed by atoms with Crippen molar-refractivity contribution in [2.24, 2.45) is 27.5 Å². The van der Waals surface area contributed by atoms with Crippen LogP contribution in [0.3, 0.4) is 0 Å². The largest absolute Gasteiger partial charge is 0.370 e. The van der Waals surface area contributed by atoms with Crippen LogP contribution in [-0.4, -0.2) is 11.5 Å². The number of nitrogens with one attached hydrogen (secondary N) is 1. The number of guanidine groups is 1. The summed E-state index contributed by atoms with van der Waals surface area (Å²) in [6, 6.07) is 8.22. The first-order chi connectivity index (χ1) is 10.8. The molecule has 4 aliphatic rings. The summed E-state index contributed by atoms with van der Waals surface area (Å²) in [6.07, 6.45) is 7.80. The van der Waals surface area contributed by atoms with E-state index in [2.05, 4.69) is 53.9 Å². The zero-order chi connectivity index (χ0) is 16.3. The van der Waals surface area contributed by atoms with E-state index < -0.39 is 0 Å². The predicted octanol–water partition coefficient (Wildman–Crippen LogP) is 5.19. The number of aliphatic imine (C=N–C) groups is 1. The molecular formula is C19H27ClIN3. The van der Waals surface area contributed by atoms with Crippen molar-refractivity contribution < 1.29 is 0 Å². The fraction of sp³-hybridized carbons (Fsp3) is 0.632. The quantitative estimate of drug-likeness (QED) is 0.363. The number of para-hydroxylation sites is 1. The molecule has 0 aromatic heterocycles. The van der Waals surface area contributed by atoms with Crippen molar-refractivity contribution in [1.82, 2.24) is 0 Å². The van der Waals surface area contributed by atoms with Crippen LogP contribution in [0.5, 0.6) is 0 Å². The molecule has 1 aromatic rings. The zero-order valence-electron chi connectivity index (χ0n) is 14.4. The van der Waals surface area contributed by atoms with Gasteiger partial charge in [-0.25, -0.2) is 4.99 Å². The molecule has 0 amide bonds. The minimum Gasteiger partial charge on any atom is -0.370 e. The summed E-state index contributed by atoms with van der Waals surface area (Å²) in [7, 11) is 0. The highest BCUT2D eigenvalue weighted by atomic mass is 127. The molecule has 0 saturated heterocycles. The third-order valence-electron chi connectivity index (χ3n) is 6.09. The van der Waals surface area contributed by atoms with Gasteiger partial charge in [0.15, 0.2) is 5.96 Å². The van der Waals surface area contributed by atoms with Gasteiger partial charge in [0.2, 0.25) is 0 Å². The molecule has 1 aromatic carbocycles. The highest BCUT2D eigenvalue weighted by molar-refractivity contribution is 14.1. The summed E-state index contributed by atoms with van der Waals surface area (Å²) in [5.74, 6) is 1.43. The van der Waals surface area contributed by atoms with Crippen LogP contribution in [0, 0.1) is 20.3 Å². The Morgan fingerprint density at radius 1 is 1.12 bits per heavy atom. The molecule has 4 aliphatic carbocycles. The van der Waals surface area contributed by atoms with Crippen LogP contribution in [0.4, 0.5) is 5.69 Å². The van der Waals surface area contributed by atoms with Gasteiger partial charge < -0.3 is 11.1 Å². The number of halogens is 2. The van der Waals surface area contributed by atoms with E-state index in [0.29, 0.717) is 16.8 Å². The minimum atomic E-state index is 0. The van der Waals surface area contributed by atoms with E-state index in [9.17, 15) is 0 Å². The molecule has 24 heavy (non-hydrogen) atoms. The Bertz CT molecular complexity index is 656. The highest BCUT2D eigenvalue weighted by Gasteiger charge is 2.60. The lowest BCUT2D eigenvalue weighted by Gasteiger charge is -2.64. The lowest BCUT2D eigenvalue weighted by molar-refractivity contribution is -0.104. The van der Waals surface area contributed by atoms with E-state index in [-0.39, 0.29) is 17.9 Å². The maximum Gasteiger partial charge on any atom is 0.193 e. The van der Waals surface area contributed by atoms with E-state index >= 15 is 0 Å². The molecule has 5 rings (SSSR count). The number of rotatable bonds is 2. The Balaban J connectivity index is 0.00000169. The molecule has 5 heteroatoms. The molecular weight excluding hydrogens is 433 g/mol. The van der Waals surface area contributed by atoms with Crippen LogP contribution < -0.4 is 11.1 Å². The summed E-state index contributed by atoms with van der Waals surface area (Å²) >= 11 is 2.33. The molecule has 4 saturated carbocycles. The molecule has 0 heterocycles. The van der Waals surface area contributed by atoms with E-state index in [4.69, 9.17) is 10.7 Å². The van der Waals surface area contributed by atoms with Crippen LogP contribution in [0.2, 0.25) is 0 Å². The van der Waals surface area contributed by atoms with Gasteiger partial charge in [-0.1, -0.05) is 26.0 Å². The fourth-order valence-corrected chi connectivity index (χ4v) is 7.02. The number of hydrogen-bond donors (Lipinski definition) is 2. The molecule has 2 unspecified atom stereocenters. The Morgan fingerprint density at radius 3 is 2.33 bits per heavy atom. The third kappa shape index (κ3) is 3.28. The van der Waals surface area contributed by atoms with Crippen molar-refractivity contribution >= 4 is 46.6 Å². The second kappa shape index (κ2) is 6.04. The van der Waals surface area contributed by atoms with Crippen LogP contribution >= 0.6 is 35.0 Å². The Labute approximate surface area is 164 Å². The Kier molecular flexibility index (Phi) is 4.61. The van der Waals surface area contributed by atoms with Gasteiger partial charge in [-0.05, 0) is 90.0 Å². The van der Waals surface area contributed by atoms with Crippen molar-refractivity contribution in [3.05, 3.63) is 27.8 Å². The Hall–Kier alpha value is -0.490. The lowest BCUT2D eigenvalue weighted by atomic mass is 9.43. The molecule has 4 fully saturated rings. The van der Waals surface area contributed by atoms with Gasteiger partial charge in [0, 0.05) is 3.57 Å². The second-order valence-electron chi connectivity index (χ2n) is 8.96. The van der Waals surface area contributed by atoms with Crippen LogP contribution in [0.15, 0.2) is 29.3 Å². The number of nitrogens with zero attached hydrogens (tertiary/aromatic N) is 1. The van der Waals surface area contributed by atoms with Crippen molar-refractivity contribution in [2.45, 2.75) is 57.9 Å². The van der Waals surface area contributed by atoms with Crippen molar-refractivity contribution in [3.63, 3.8) is 0 Å². The first kappa shape index (κ1) is 18.3. The maximum absolute atomic E-state index is 6.32.